The molecule has 5 heteroatoms. The number of ether oxygens (including phenoxy) is 1. The summed E-state index contributed by atoms with van der Waals surface area (Å²) >= 11 is 4.92. The molecule has 98 valence electrons. The molecule has 4 nitrogen and oxygen atoms in total. The molecule has 0 heterocycles. The lowest BCUT2D eigenvalue weighted by molar-refractivity contribution is -0.120. The van der Waals surface area contributed by atoms with E-state index >= 15 is 0 Å². The number of hydrogen-bond donors (Lipinski definition) is 2. The van der Waals surface area contributed by atoms with Gasteiger partial charge in [0, 0.05) is 12.2 Å². The molecule has 1 aromatic rings. The molecule has 0 aliphatic rings. The van der Waals surface area contributed by atoms with Gasteiger partial charge in [0.05, 0.1) is 5.69 Å². The number of amides is 1. The van der Waals surface area contributed by atoms with E-state index < -0.39 is 0 Å². The van der Waals surface area contributed by atoms with Crippen LogP contribution in [-0.4, -0.2) is 24.1 Å². The van der Waals surface area contributed by atoms with Gasteiger partial charge in [-0.3, -0.25) is 4.79 Å². The lowest BCUT2D eigenvalue weighted by Crippen LogP contribution is -2.22. The van der Waals surface area contributed by atoms with Crippen LogP contribution in [0, 0.1) is 5.92 Å². The smallest absolute Gasteiger partial charge is 0.250 e. The highest BCUT2D eigenvalue weighted by molar-refractivity contribution is 7.80. The molecule has 0 aromatic heterocycles. The molecule has 0 saturated heterocycles. The Bertz CT molecular complexity index is 433. The summed E-state index contributed by atoms with van der Waals surface area (Å²) in [4.78, 5) is 11.9. The molecular formula is C13H18N2O2S. The van der Waals surface area contributed by atoms with E-state index in [1.54, 1.807) is 12.1 Å². The van der Waals surface area contributed by atoms with Crippen molar-refractivity contribution in [3.8, 4) is 0 Å². The molecule has 0 aliphatic heterocycles. The number of benzene rings is 1. The zero-order valence-corrected chi connectivity index (χ0v) is 11.4. The Morgan fingerprint density at radius 3 is 2.72 bits per heavy atom. The topological polar surface area (TPSA) is 64.3 Å². The number of hydrogen-bond acceptors (Lipinski definition) is 3. The summed E-state index contributed by atoms with van der Waals surface area (Å²) in [6.07, 6.45) is 0. The van der Waals surface area contributed by atoms with Gasteiger partial charge in [0.25, 0.3) is 0 Å². The number of anilines is 1. The number of para-hydroxylation sites is 1. The summed E-state index contributed by atoms with van der Waals surface area (Å²) in [5, 5.41) is 2.73. The van der Waals surface area contributed by atoms with Crippen LogP contribution in [0.25, 0.3) is 0 Å². The van der Waals surface area contributed by atoms with Gasteiger partial charge >= 0.3 is 0 Å². The van der Waals surface area contributed by atoms with Crippen molar-refractivity contribution in [2.24, 2.45) is 11.7 Å². The number of nitrogens with two attached hydrogens (primary N) is 1. The van der Waals surface area contributed by atoms with Gasteiger partial charge in [-0.05, 0) is 18.1 Å². The van der Waals surface area contributed by atoms with Crippen molar-refractivity contribution in [3.05, 3.63) is 29.8 Å². The average Bonchev–Trinajstić information content (AvgIpc) is 2.28. The minimum atomic E-state index is -0.209. The fourth-order valence-corrected chi connectivity index (χ4v) is 1.56. The van der Waals surface area contributed by atoms with Crippen LogP contribution in [0.2, 0.25) is 0 Å². The third-order valence-corrected chi connectivity index (χ3v) is 2.37. The lowest BCUT2D eigenvalue weighted by Gasteiger charge is -2.10. The second-order valence-corrected chi connectivity index (χ2v) is 4.81. The maximum absolute atomic E-state index is 11.6. The van der Waals surface area contributed by atoms with E-state index in [9.17, 15) is 4.79 Å². The third kappa shape index (κ3) is 4.81. The highest BCUT2D eigenvalue weighted by Crippen LogP contribution is 2.14. The molecule has 0 saturated carbocycles. The Balaban J connectivity index is 2.56. The van der Waals surface area contributed by atoms with Gasteiger partial charge in [0.1, 0.15) is 11.6 Å². The summed E-state index contributed by atoms with van der Waals surface area (Å²) < 4.78 is 5.25. The van der Waals surface area contributed by atoms with Crippen molar-refractivity contribution in [1.29, 1.82) is 0 Å². The van der Waals surface area contributed by atoms with Crippen molar-refractivity contribution >= 4 is 28.8 Å². The first-order chi connectivity index (χ1) is 8.50. The first kappa shape index (κ1) is 14.6. The molecule has 0 bridgehead atoms. The van der Waals surface area contributed by atoms with E-state index in [1.807, 2.05) is 26.0 Å². The molecule has 1 rings (SSSR count). The Kier molecular flexibility index (Phi) is 5.74. The zero-order chi connectivity index (χ0) is 13.5. The summed E-state index contributed by atoms with van der Waals surface area (Å²) in [5.41, 5.74) is 6.85. The lowest BCUT2D eigenvalue weighted by atomic mass is 10.2. The molecule has 0 unspecified atom stereocenters. The van der Waals surface area contributed by atoms with E-state index in [2.05, 4.69) is 5.32 Å². The molecular weight excluding hydrogens is 248 g/mol. The van der Waals surface area contributed by atoms with Crippen molar-refractivity contribution in [2.75, 3.05) is 18.5 Å². The van der Waals surface area contributed by atoms with Gasteiger partial charge in [-0.15, -0.1) is 0 Å². The van der Waals surface area contributed by atoms with Gasteiger partial charge in [-0.1, -0.05) is 38.2 Å². The highest BCUT2D eigenvalue weighted by Gasteiger charge is 2.08. The van der Waals surface area contributed by atoms with E-state index in [0.29, 0.717) is 23.8 Å². The Hall–Kier alpha value is -1.46. The first-order valence-corrected chi connectivity index (χ1v) is 6.18. The van der Waals surface area contributed by atoms with Crippen LogP contribution in [0.1, 0.15) is 19.4 Å². The van der Waals surface area contributed by atoms with E-state index in [1.165, 1.54) is 0 Å². The van der Waals surface area contributed by atoms with Crippen molar-refractivity contribution in [2.45, 2.75) is 13.8 Å². The summed E-state index contributed by atoms with van der Waals surface area (Å²) in [5.74, 6) is 0.195. The predicted molar refractivity (Wildman–Crippen MR) is 76.6 cm³/mol. The fourth-order valence-electron chi connectivity index (χ4n) is 1.38. The van der Waals surface area contributed by atoms with Crippen molar-refractivity contribution < 1.29 is 9.53 Å². The maximum atomic E-state index is 11.6. The predicted octanol–water partition coefficient (Wildman–Crippen LogP) is 1.93. The van der Waals surface area contributed by atoms with Gasteiger partial charge in [-0.2, -0.15) is 0 Å². The first-order valence-electron chi connectivity index (χ1n) is 5.77. The van der Waals surface area contributed by atoms with E-state index in [0.717, 1.165) is 0 Å². The van der Waals surface area contributed by atoms with E-state index in [4.69, 9.17) is 22.7 Å². The molecule has 1 amide bonds. The minimum absolute atomic E-state index is 0.0316. The second-order valence-electron chi connectivity index (χ2n) is 4.37. The highest BCUT2D eigenvalue weighted by atomic mass is 32.1. The molecule has 18 heavy (non-hydrogen) atoms. The number of nitrogens with one attached hydrogen (secondary N) is 1. The molecule has 0 aliphatic carbocycles. The van der Waals surface area contributed by atoms with Crippen LogP contribution in [0.5, 0.6) is 0 Å². The summed E-state index contributed by atoms with van der Waals surface area (Å²) in [6.45, 7) is 4.65. The fraction of sp³-hybridized carbons (Fsp3) is 0.385. The number of thiocarbonyl (C=S) groups is 1. The molecule has 0 radical (unpaired) electrons. The molecule has 0 atom stereocenters. The SMILES string of the molecule is CC(C)COCC(=O)Nc1ccccc1C(N)=S. The van der Waals surface area contributed by atoms with Crippen LogP contribution < -0.4 is 11.1 Å². The zero-order valence-electron chi connectivity index (χ0n) is 10.6. The van der Waals surface area contributed by atoms with Gasteiger partial charge in [-0.25, -0.2) is 0 Å². The number of carbonyl (C=O) groups is 1. The van der Waals surface area contributed by atoms with Crippen molar-refractivity contribution in [3.63, 3.8) is 0 Å². The van der Waals surface area contributed by atoms with Crippen LogP contribution >= 0.6 is 12.2 Å². The van der Waals surface area contributed by atoms with Crippen LogP contribution in [0.3, 0.4) is 0 Å². The van der Waals surface area contributed by atoms with Gasteiger partial charge < -0.3 is 15.8 Å². The van der Waals surface area contributed by atoms with Crippen LogP contribution in [0.15, 0.2) is 24.3 Å². The van der Waals surface area contributed by atoms with Crippen LogP contribution in [-0.2, 0) is 9.53 Å². The third-order valence-electron chi connectivity index (χ3n) is 2.15. The Morgan fingerprint density at radius 1 is 1.44 bits per heavy atom. The average molecular weight is 266 g/mol. The van der Waals surface area contributed by atoms with Gasteiger partial charge in [0.2, 0.25) is 5.91 Å². The summed E-state index contributed by atoms with van der Waals surface area (Å²) in [7, 11) is 0. The van der Waals surface area contributed by atoms with E-state index in [-0.39, 0.29) is 17.5 Å². The maximum Gasteiger partial charge on any atom is 0.250 e. The summed E-state index contributed by atoms with van der Waals surface area (Å²) in [6, 6.07) is 7.16. The molecule has 0 spiro atoms. The standard InChI is InChI=1S/C13H18N2O2S/c1-9(2)7-17-8-12(16)15-11-6-4-3-5-10(11)13(14)18/h3-6,9H,7-8H2,1-2H3,(H2,14,18)(H,15,16). The molecule has 1 aromatic carbocycles. The largest absolute Gasteiger partial charge is 0.389 e. The Labute approximate surface area is 113 Å². The second kappa shape index (κ2) is 7.08. The Morgan fingerprint density at radius 2 is 2.11 bits per heavy atom. The molecule has 3 N–H and O–H groups in total. The van der Waals surface area contributed by atoms with Crippen molar-refractivity contribution in [1.82, 2.24) is 0 Å². The molecule has 0 fully saturated rings. The quantitative estimate of drug-likeness (QED) is 0.772. The van der Waals surface area contributed by atoms with Crippen LogP contribution in [0.4, 0.5) is 5.69 Å². The van der Waals surface area contributed by atoms with Gasteiger partial charge in [0.15, 0.2) is 0 Å². The monoisotopic (exact) mass is 266 g/mol. The normalized spacial score (nSPS) is 10.4. The minimum Gasteiger partial charge on any atom is -0.389 e. The number of carbonyl (C=O) groups excluding carboxylic acids is 1. The number of rotatable bonds is 6.